The predicted molar refractivity (Wildman–Crippen MR) is 127 cm³/mol. The highest BCUT2D eigenvalue weighted by molar-refractivity contribution is 5.79. The molecule has 7 heteroatoms. The van der Waals surface area contributed by atoms with Crippen LogP contribution < -0.4 is 4.90 Å². The van der Waals surface area contributed by atoms with Gasteiger partial charge in [-0.25, -0.2) is 15.0 Å². The van der Waals surface area contributed by atoms with Gasteiger partial charge in [0, 0.05) is 49.8 Å². The van der Waals surface area contributed by atoms with Crippen molar-refractivity contribution in [2.75, 3.05) is 38.1 Å². The van der Waals surface area contributed by atoms with E-state index in [1.54, 1.807) is 13.8 Å². The second-order valence-electron chi connectivity index (χ2n) is 8.99. The average molecular weight is 429 g/mol. The summed E-state index contributed by atoms with van der Waals surface area (Å²) in [6.45, 7) is 7.53. The first-order valence-corrected chi connectivity index (χ1v) is 10.9. The molecule has 0 radical (unpaired) electrons. The first-order valence-electron chi connectivity index (χ1n) is 10.9. The van der Waals surface area contributed by atoms with E-state index in [9.17, 15) is 5.11 Å². The van der Waals surface area contributed by atoms with E-state index in [1.165, 1.54) is 0 Å². The van der Waals surface area contributed by atoms with Gasteiger partial charge in [-0.15, -0.1) is 0 Å². The minimum Gasteiger partial charge on any atom is -0.386 e. The monoisotopic (exact) mass is 428 g/mol. The zero-order valence-corrected chi connectivity index (χ0v) is 18.7. The molecule has 1 N–H and O–H groups in total. The lowest BCUT2D eigenvalue weighted by Crippen LogP contribution is -2.45. The van der Waals surface area contributed by atoms with Crippen LogP contribution in [0.25, 0.3) is 27.8 Å². The first kappa shape index (κ1) is 20.6. The highest BCUT2D eigenvalue weighted by Crippen LogP contribution is 2.27. The van der Waals surface area contributed by atoms with E-state index in [1.807, 2.05) is 43.0 Å². The molecule has 0 bridgehead atoms. The maximum Gasteiger partial charge on any atom is 0.225 e. The van der Waals surface area contributed by atoms with Gasteiger partial charge in [-0.1, -0.05) is 18.2 Å². The smallest absolute Gasteiger partial charge is 0.225 e. The van der Waals surface area contributed by atoms with Crippen molar-refractivity contribution in [3.63, 3.8) is 0 Å². The number of hydrogen-bond donors (Lipinski definition) is 1. The average Bonchev–Trinajstić information content (AvgIpc) is 3.23. The minimum atomic E-state index is -0.895. The molecule has 164 valence electrons. The van der Waals surface area contributed by atoms with Gasteiger partial charge < -0.3 is 14.9 Å². The van der Waals surface area contributed by atoms with Crippen LogP contribution in [0.3, 0.4) is 0 Å². The molecule has 1 saturated heterocycles. The lowest BCUT2D eigenvalue weighted by Gasteiger charge is -2.32. The van der Waals surface area contributed by atoms with Gasteiger partial charge in [0.1, 0.15) is 6.33 Å². The van der Waals surface area contributed by atoms with Gasteiger partial charge >= 0.3 is 0 Å². The van der Waals surface area contributed by atoms with E-state index in [4.69, 9.17) is 0 Å². The molecule has 0 spiro atoms. The van der Waals surface area contributed by atoms with Crippen molar-refractivity contribution in [1.82, 2.24) is 24.4 Å². The quantitative estimate of drug-likeness (QED) is 0.537. The van der Waals surface area contributed by atoms with Crippen LogP contribution in [0.5, 0.6) is 0 Å². The Kier molecular flexibility index (Phi) is 5.15. The molecular formula is C25H28N6O. The molecule has 3 heterocycles. The van der Waals surface area contributed by atoms with E-state index in [0.29, 0.717) is 0 Å². The Hall–Kier alpha value is -3.29. The summed E-state index contributed by atoms with van der Waals surface area (Å²) in [6, 6.07) is 14.2. The van der Waals surface area contributed by atoms with Crippen molar-refractivity contribution in [2.24, 2.45) is 0 Å². The second kappa shape index (κ2) is 8.00. The van der Waals surface area contributed by atoms with Crippen molar-refractivity contribution < 1.29 is 5.11 Å². The van der Waals surface area contributed by atoms with E-state index in [-0.39, 0.29) is 0 Å². The fourth-order valence-electron chi connectivity index (χ4n) is 4.07. The summed E-state index contributed by atoms with van der Waals surface area (Å²) in [5.74, 6) is 0.793. The number of rotatable bonds is 4. The fraction of sp³-hybridized carbons (Fsp3) is 0.320. The summed E-state index contributed by atoms with van der Waals surface area (Å²) < 4.78 is 2.06. The van der Waals surface area contributed by atoms with E-state index in [2.05, 4.69) is 54.6 Å². The molecule has 0 atom stereocenters. The third-order valence-corrected chi connectivity index (χ3v) is 6.14. The van der Waals surface area contributed by atoms with E-state index in [0.717, 1.165) is 65.5 Å². The van der Waals surface area contributed by atoms with Crippen LogP contribution in [0.4, 0.5) is 5.95 Å². The summed E-state index contributed by atoms with van der Waals surface area (Å²) in [5.41, 5.74) is 4.87. The maximum absolute atomic E-state index is 10.3. The van der Waals surface area contributed by atoms with Gasteiger partial charge in [-0.2, -0.15) is 0 Å². The zero-order valence-electron chi connectivity index (χ0n) is 18.7. The van der Waals surface area contributed by atoms with E-state index >= 15 is 0 Å². The molecular weight excluding hydrogens is 400 g/mol. The highest BCUT2D eigenvalue weighted by atomic mass is 16.3. The molecule has 2 aromatic heterocycles. The van der Waals surface area contributed by atoms with Gasteiger partial charge in [0.2, 0.25) is 5.95 Å². The summed E-state index contributed by atoms with van der Waals surface area (Å²) in [6.07, 6.45) is 5.63. The van der Waals surface area contributed by atoms with Crippen LogP contribution in [0.2, 0.25) is 0 Å². The predicted octanol–water partition coefficient (Wildman–Crippen LogP) is 3.46. The van der Waals surface area contributed by atoms with Crippen molar-refractivity contribution in [2.45, 2.75) is 19.4 Å². The number of likely N-dealkylation sites (N-methyl/N-ethyl adjacent to an activating group) is 1. The molecule has 0 saturated carbocycles. The summed E-state index contributed by atoms with van der Waals surface area (Å²) in [7, 11) is 2.14. The maximum atomic E-state index is 10.3. The molecule has 32 heavy (non-hydrogen) atoms. The number of nitrogens with zero attached hydrogens (tertiary/aromatic N) is 6. The Balaban J connectivity index is 1.43. The number of piperazine rings is 1. The van der Waals surface area contributed by atoms with E-state index < -0.39 is 5.60 Å². The molecule has 7 nitrogen and oxygen atoms in total. The van der Waals surface area contributed by atoms with Crippen LogP contribution in [0.15, 0.2) is 61.2 Å². The number of anilines is 1. The van der Waals surface area contributed by atoms with Crippen LogP contribution in [0.1, 0.15) is 19.4 Å². The molecule has 0 unspecified atom stereocenters. The van der Waals surface area contributed by atoms with Crippen molar-refractivity contribution >= 4 is 17.0 Å². The molecule has 0 amide bonds. The zero-order chi connectivity index (χ0) is 22.3. The number of hydrogen-bond acceptors (Lipinski definition) is 6. The Morgan fingerprint density at radius 3 is 2.34 bits per heavy atom. The lowest BCUT2D eigenvalue weighted by atomic mass is 9.98. The largest absolute Gasteiger partial charge is 0.386 e. The van der Waals surface area contributed by atoms with Crippen molar-refractivity contribution in [3.05, 3.63) is 66.7 Å². The molecule has 1 aliphatic heterocycles. The Morgan fingerprint density at radius 2 is 1.62 bits per heavy atom. The molecule has 1 aliphatic rings. The third-order valence-electron chi connectivity index (χ3n) is 6.14. The minimum absolute atomic E-state index is 0.793. The summed E-state index contributed by atoms with van der Waals surface area (Å²) in [4.78, 5) is 18.4. The lowest BCUT2D eigenvalue weighted by molar-refractivity contribution is 0.0787. The van der Waals surface area contributed by atoms with Gasteiger partial charge in [0.15, 0.2) is 0 Å². The first-order chi connectivity index (χ1) is 15.4. The molecule has 0 aliphatic carbocycles. The standard InChI is InChI=1S/C25H28N6O/c1-25(2,32)20-7-8-23-22(14-20)28-17-31(23)21-6-4-5-18(13-21)19-15-26-24(27-16-19)30-11-9-29(3)10-12-30/h4-8,13-17,32H,9-12H2,1-3H3. The van der Waals surface area contributed by atoms with Gasteiger partial charge in [-0.05, 0) is 56.3 Å². The van der Waals surface area contributed by atoms with Gasteiger partial charge in [0.25, 0.3) is 0 Å². The third kappa shape index (κ3) is 3.97. The highest BCUT2D eigenvalue weighted by Gasteiger charge is 2.18. The number of aliphatic hydroxyl groups is 1. The fourth-order valence-corrected chi connectivity index (χ4v) is 4.07. The van der Waals surface area contributed by atoms with Crippen LogP contribution in [-0.4, -0.2) is 62.8 Å². The Bertz CT molecular complexity index is 1230. The van der Waals surface area contributed by atoms with Crippen LogP contribution in [0, 0.1) is 0 Å². The molecule has 2 aromatic carbocycles. The normalized spacial score (nSPS) is 15.4. The Morgan fingerprint density at radius 1 is 0.875 bits per heavy atom. The van der Waals surface area contributed by atoms with Gasteiger partial charge in [0.05, 0.1) is 16.6 Å². The number of aromatic nitrogens is 4. The van der Waals surface area contributed by atoms with Crippen LogP contribution in [-0.2, 0) is 5.60 Å². The van der Waals surface area contributed by atoms with Crippen LogP contribution >= 0.6 is 0 Å². The van der Waals surface area contributed by atoms with Crippen molar-refractivity contribution in [3.8, 4) is 16.8 Å². The number of fused-ring (bicyclic) bond motifs is 1. The molecule has 1 fully saturated rings. The van der Waals surface area contributed by atoms with Gasteiger partial charge in [-0.3, -0.25) is 4.57 Å². The SMILES string of the molecule is CN1CCN(c2ncc(-c3cccc(-n4cnc5cc(C(C)(C)O)ccc54)c3)cn2)CC1. The summed E-state index contributed by atoms with van der Waals surface area (Å²) in [5, 5.41) is 10.3. The number of benzene rings is 2. The Labute approximate surface area is 188 Å². The number of imidazole rings is 1. The molecule has 5 rings (SSSR count). The topological polar surface area (TPSA) is 70.3 Å². The molecule has 4 aromatic rings. The summed E-state index contributed by atoms with van der Waals surface area (Å²) >= 11 is 0. The van der Waals surface area contributed by atoms with Crippen molar-refractivity contribution in [1.29, 1.82) is 0 Å². The second-order valence-corrected chi connectivity index (χ2v) is 8.99.